The Bertz CT molecular complexity index is 4530. The third kappa shape index (κ3) is 19.6. The van der Waals surface area contributed by atoms with Gasteiger partial charge in [-0.2, -0.15) is 13.5 Å². The summed E-state index contributed by atoms with van der Waals surface area (Å²) >= 11 is 1.40. The zero-order valence-corrected chi connectivity index (χ0v) is 65.2. The summed E-state index contributed by atoms with van der Waals surface area (Å²) in [4.78, 5) is 121. The molecular weight excluding hydrogens is 1460 g/mol. The van der Waals surface area contributed by atoms with Crippen LogP contribution in [0.5, 0.6) is 0 Å². The normalized spacial score (nSPS) is 23.6. The number of aromatic carboxylic acids is 1. The number of aliphatic carboxylic acids is 1. The van der Waals surface area contributed by atoms with Crippen LogP contribution in [0.15, 0.2) is 79.0 Å². The smallest absolute Gasteiger partial charge is 0.409 e. The molecular formula is C78H101N11O19S2. The van der Waals surface area contributed by atoms with Crippen LogP contribution in [0.25, 0.3) is 21.3 Å². The fourth-order valence-electron chi connectivity index (χ4n) is 17.4. The van der Waals surface area contributed by atoms with E-state index in [4.69, 9.17) is 33.6 Å². The molecule has 11 rings (SSSR count). The van der Waals surface area contributed by atoms with Gasteiger partial charge in [-0.1, -0.05) is 83.2 Å². The van der Waals surface area contributed by atoms with E-state index in [0.29, 0.717) is 77.7 Å². The van der Waals surface area contributed by atoms with Gasteiger partial charge in [0.05, 0.1) is 72.4 Å². The van der Waals surface area contributed by atoms with Crippen molar-refractivity contribution in [2.24, 2.45) is 22.2 Å². The number of aliphatic hydroxyl groups excluding tert-OH is 2. The van der Waals surface area contributed by atoms with E-state index in [1.165, 1.54) is 28.1 Å². The Hall–Kier alpha value is -9.02. The van der Waals surface area contributed by atoms with Crippen molar-refractivity contribution >= 4 is 95.9 Å². The van der Waals surface area contributed by atoms with Crippen molar-refractivity contribution in [2.75, 3.05) is 67.8 Å². The zero-order chi connectivity index (χ0) is 79.4. The molecule has 2 aliphatic carbocycles. The number of anilines is 3. The summed E-state index contributed by atoms with van der Waals surface area (Å²) in [6.07, 6.45) is 1.74. The molecule has 2 saturated carbocycles. The molecule has 2 saturated heterocycles. The van der Waals surface area contributed by atoms with Crippen LogP contribution < -0.4 is 26.2 Å². The van der Waals surface area contributed by atoms with Crippen molar-refractivity contribution in [1.82, 2.24) is 40.2 Å². The highest BCUT2D eigenvalue weighted by molar-refractivity contribution is 7.85. The fourth-order valence-corrected chi connectivity index (χ4v) is 18.6. The van der Waals surface area contributed by atoms with E-state index in [2.05, 4.69) is 53.9 Å². The van der Waals surface area contributed by atoms with Crippen LogP contribution in [0, 0.1) is 29.1 Å². The molecule has 30 nitrogen and oxygen atoms in total. The number of nitrogens with zero attached hydrogens (tertiary/aromatic N) is 7. The molecule has 9 N–H and O–H groups in total. The molecule has 3 aromatic heterocycles. The first-order valence-electron chi connectivity index (χ1n) is 37.4. The monoisotopic (exact) mass is 1560 g/mol. The summed E-state index contributed by atoms with van der Waals surface area (Å²) in [7, 11) is -2.65. The number of carboxylic acid groups (broad SMARTS) is 2. The lowest BCUT2D eigenvalue weighted by Gasteiger charge is -2.62. The number of para-hydroxylation sites is 1. The van der Waals surface area contributed by atoms with E-state index < -0.39 is 112 Å². The predicted octanol–water partition coefficient (Wildman–Crippen LogP) is 8.18. The van der Waals surface area contributed by atoms with E-state index in [9.17, 15) is 67.2 Å². The van der Waals surface area contributed by atoms with Crippen molar-refractivity contribution in [1.29, 1.82) is 0 Å². The quantitative estimate of drug-likeness (QED) is 0.0146. The second-order valence-electron chi connectivity index (χ2n) is 31.9. The van der Waals surface area contributed by atoms with Crippen molar-refractivity contribution in [3.05, 3.63) is 118 Å². The van der Waals surface area contributed by atoms with Gasteiger partial charge in [-0.25, -0.2) is 24.4 Å². The van der Waals surface area contributed by atoms with Crippen molar-refractivity contribution in [3.8, 4) is 11.1 Å². The number of hydrogen-bond donors (Lipinski definition) is 9. The molecule has 6 heterocycles. The van der Waals surface area contributed by atoms with E-state index in [-0.39, 0.29) is 98.1 Å². The van der Waals surface area contributed by atoms with Gasteiger partial charge in [-0.05, 0) is 165 Å². The van der Waals surface area contributed by atoms with E-state index in [1.807, 2.05) is 59.0 Å². The van der Waals surface area contributed by atoms with E-state index >= 15 is 0 Å². The minimum Gasteiger partial charge on any atom is -0.479 e. The highest BCUT2D eigenvalue weighted by Gasteiger charge is 2.59. The number of carbonyl (C=O) groups is 8. The average Bonchev–Trinajstić information content (AvgIpc) is 0.824. The van der Waals surface area contributed by atoms with Gasteiger partial charge in [-0.3, -0.25) is 38.5 Å². The largest absolute Gasteiger partial charge is 0.479 e. The number of carboxylic acids is 2. The minimum absolute atomic E-state index is 0.0760. The first-order chi connectivity index (χ1) is 52.0. The Morgan fingerprint density at radius 2 is 1.64 bits per heavy atom. The number of benzene rings is 3. The Balaban J connectivity index is 0.722. The van der Waals surface area contributed by atoms with E-state index in [0.717, 1.165) is 59.1 Å². The first-order valence-corrected chi connectivity index (χ1v) is 39.8. The third-order valence-corrected chi connectivity index (χ3v) is 23.7. The summed E-state index contributed by atoms with van der Waals surface area (Å²) in [5, 5.41) is 58.2. The number of likely N-dealkylation sites (tertiary alicyclic amines) is 1. The van der Waals surface area contributed by atoms with Gasteiger partial charge in [0.15, 0.2) is 16.9 Å². The Morgan fingerprint density at radius 1 is 0.864 bits per heavy atom. The number of nitrogens with one attached hydrogen (secondary N) is 4. The number of aromatic nitrogens is 4. The highest BCUT2D eigenvalue weighted by atomic mass is 32.2. The molecule has 32 heteroatoms. The number of likely N-dealkylation sites (N-methyl/N-ethyl adjacent to an activating group) is 1. The van der Waals surface area contributed by atoms with Gasteiger partial charge in [-0.15, -0.1) is 0 Å². The number of carbonyl (C=O) groups excluding carboxylic acids is 6. The summed E-state index contributed by atoms with van der Waals surface area (Å²) < 4.78 is 58.4. The molecule has 5 aliphatic rings. The molecule has 3 aromatic carbocycles. The Morgan fingerprint density at radius 3 is 2.36 bits per heavy atom. The number of fused-ring (bicyclic) bond motifs is 4. The number of pyridine rings is 1. The molecule has 0 spiro atoms. The van der Waals surface area contributed by atoms with Crippen LogP contribution in [-0.2, 0) is 85.6 Å². The number of thiazole rings is 1. The molecule has 6 aromatic rings. The highest BCUT2D eigenvalue weighted by Crippen LogP contribution is 2.64. The van der Waals surface area contributed by atoms with Gasteiger partial charge < -0.3 is 70.0 Å². The molecule has 6 amide bonds. The average molecular weight is 1560 g/mol. The lowest BCUT2D eigenvalue weighted by Crippen LogP contribution is -2.58. The predicted molar refractivity (Wildman–Crippen MR) is 408 cm³/mol. The number of aliphatic hydroxyl groups is 2. The standard InChI is InChI=1S/C78H101N11O19S2/c1-10-77(44-89-47(5)56(34-79-89)54-23-24-61(83-65(54)71(97)98)87-27-26-48-14-13-15-55(57(48)35-87)69(95)85-73-82-58-16-11-12-17-60(58)109-73)41-76(8)39-75(6,7)40-78(42-76,43-77)107-29-28-86(9)74(101)106-37-50-18-20-51(32-49(50)19-22-53-33-59(90)66(93)67(108-53)72(99)100)81-68(94)46(4)80-70(96)64(45(2)3)84-62(91)36-88-52(21-25-63(88)92)38-105-30-31-110(102,103)104/h11-18,20,23-24,32,34,45-46,52-53,59,64,66-67,90,93H,10,19,21-22,25-31,33,35-44H2,1-9H3,(H,80,96)(H,81,94)(H,84,91)(H,97,98)(H,99,100)(H,82,85,95)(H,102,103,104)/t46-,52-,53-,59+,64-,66-,67-,76?,77?,78?/m0/s1. The molecule has 110 heavy (non-hydrogen) atoms. The first kappa shape index (κ1) is 82.0. The van der Waals surface area contributed by atoms with Gasteiger partial charge in [0.25, 0.3) is 16.0 Å². The maximum absolute atomic E-state index is 14.0. The maximum Gasteiger partial charge on any atom is 0.409 e. The third-order valence-electron chi connectivity index (χ3n) is 22.1. The van der Waals surface area contributed by atoms with Crippen LogP contribution in [0.4, 0.5) is 21.4 Å². The lowest BCUT2D eigenvalue weighted by molar-refractivity contribution is -0.198. The summed E-state index contributed by atoms with van der Waals surface area (Å²) in [5.74, 6) is -5.90. The van der Waals surface area contributed by atoms with Crippen molar-refractivity contribution < 1.29 is 90.7 Å². The summed E-state index contributed by atoms with van der Waals surface area (Å²) in [6, 6.07) is 19.0. The number of amides is 6. The number of hydrogen-bond acceptors (Lipinski definition) is 21. The lowest BCUT2D eigenvalue weighted by atomic mass is 9.47. The fraction of sp³-hybridized carbons (Fsp3) is 0.551. The minimum atomic E-state index is -4.27. The molecule has 4 fully saturated rings. The van der Waals surface area contributed by atoms with Crippen LogP contribution in [0.1, 0.15) is 161 Å². The summed E-state index contributed by atoms with van der Waals surface area (Å²) in [5.41, 5.74) is 5.18. The van der Waals surface area contributed by atoms with Gasteiger partial charge in [0, 0.05) is 74.1 Å². The zero-order valence-electron chi connectivity index (χ0n) is 63.6. The second kappa shape index (κ2) is 33.9. The molecule has 3 unspecified atom stereocenters. The van der Waals surface area contributed by atoms with Crippen molar-refractivity contribution in [3.63, 3.8) is 0 Å². The summed E-state index contributed by atoms with van der Waals surface area (Å²) in [6.45, 7) is 16.6. The molecule has 2 bridgehead atoms. The number of rotatable bonds is 31. The topological polar surface area (TPSA) is 410 Å². The van der Waals surface area contributed by atoms with Crippen molar-refractivity contribution in [2.45, 2.75) is 200 Å². The number of ether oxygens (including phenoxy) is 4. The van der Waals surface area contributed by atoms with Crippen LogP contribution in [-0.4, -0.2) is 211 Å². The SMILES string of the molecule is CCC1(Cn2ncc(-c3ccc(N4CCc5cccc(C(=O)Nc6nc7ccccc7s6)c5C4)nc3C(=O)O)c2C)CC2(C)CC(C)(C)CC(OCCN(C)C(=O)OCc3ccc(NC(=O)[C@H](C)NC(=O)[C@@H](NC(=O)CN4C(=O)CC[C@H]4COCCS(=O)(=O)O)C(C)C)cc3CC[C@H]3C[C@@H](O)[C@H](O)[C@@H](C(=O)O)O3)(C2)C1. The molecule has 3 aliphatic heterocycles. The van der Waals surface area contributed by atoms with Gasteiger partial charge in [0.2, 0.25) is 23.6 Å². The Labute approximate surface area is 643 Å². The second-order valence-corrected chi connectivity index (χ2v) is 34.5. The molecule has 10 atom stereocenters. The van der Waals surface area contributed by atoms with Gasteiger partial charge >= 0.3 is 18.0 Å². The maximum atomic E-state index is 14.0. The molecule has 594 valence electrons. The van der Waals surface area contributed by atoms with Gasteiger partial charge in [0.1, 0.15) is 30.6 Å². The van der Waals surface area contributed by atoms with E-state index in [1.54, 1.807) is 57.4 Å². The number of aryl methyl sites for hydroxylation is 1. The van der Waals surface area contributed by atoms with Crippen LogP contribution >= 0.6 is 11.3 Å². The van der Waals surface area contributed by atoms with Crippen LogP contribution in [0.3, 0.4) is 0 Å². The van der Waals surface area contributed by atoms with Crippen LogP contribution in [0.2, 0.25) is 0 Å². The molecule has 0 radical (unpaired) electrons. The Kier molecular flexibility index (Phi) is 25.3.